The largest absolute Gasteiger partial charge is 0.392 e. The summed E-state index contributed by atoms with van der Waals surface area (Å²) in [5.41, 5.74) is 0.919. The van der Waals surface area contributed by atoms with Crippen LogP contribution in [0.5, 0.6) is 0 Å². The van der Waals surface area contributed by atoms with Crippen molar-refractivity contribution in [2.75, 3.05) is 5.75 Å². The maximum atomic E-state index is 13.1. The molecule has 20 heavy (non-hydrogen) atoms. The summed E-state index contributed by atoms with van der Waals surface area (Å²) in [4.78, 5) is 1.12. The monoisotopic (exact) mass is 418 g/mol. The van der Waals surface area contributed by atoms with Gasteiger partial charge in [0.05, 0.1) is 10.6 Å². The highest BCUT2D eigenvalue weighted by Gasteiger charge is 2.08. The van der Waals surface area contributed by atoms with E-state index in [0.29, 0.717) is 16.6 Å². The zero-order valence-electron chi connectivity index (χ0n) is 10.5. The predicted octanol–water partition coefficient (Wildman–Crippen LogP) is 5.05. The number of aliphatic hydroxyl groups is 1. The average molecular weight is 420 g/mol. The maximum Gasteiger partial charge on any atom is 0.137 e. The smallest absolute Gasteiger partial charge is 0.137 e. The Hall–Kier alpha value is -0.360. The van der Waals surface area contributed by atoms with Gasteiger partial charge in [-0.1, -0.05) is 22.0 Å². The van der Waals surface area contributed by atoms with Crippen molar-refractivity contribution in [2.45, 2.75) is 17.4 Å². The van der Waals surface area contributed by atoms with E-state index in [9.17, 15) is 9.50 Å². The average Bonchev–Trinajstić information content (AvgIpc) is 2.42. The number of hydrogen-bond donors (Lipinski definition) is 1. The van der Waals surface area contributed by atoms with Crippen LogP contribution in [0, 0.1) is 5.82 Å². The second-order valence-corrected chi connectivity index (χ2v) is 7.23. The Morgan fingerprint density at radius 2 is 1.80 bits per heavy atom. The lowest BCUT2D eigenvalue weighted by Crippen LogP contribution is -2.13. The highest BCUT2D eigenvalue weighted by molar-refractivity contribution is 9.10. The van der Waals surface area contributed by atoms with Gasteiger partial charge in [0.2, 0.25) is 0 Å². The molecule has 0 aliphatic rings. The Bertz CT molecular complexity index is 575. The third kappa shape index (κ3) is 4.88. The summed E-state index contributed by atoms with van der Waals surface area (Å²) in [6.45, 7) is 0. The Balaban J connectivity index is 1.87. The minimum atomic E-state index is -0.457. The predicted molar refractivity (Wildman–Crippen MR) is 88.7 cm³/mol. The third-order valence-electron chi connectivity index (χ3n) is 2.71. The van der Waals surface area contributed by atoms with Crippen LogP contribution in [-0.2, 0) is 6.42 Å². The quantitative estimate of drug-likeness (QED) is 0.684. The van der Waals surface area contributed by atoms with Crippen LogP contribution in [0.4, 0.5) is 4.39 Å². The molecule has 0 saturated carbocycles. The topological polar surface area (TPSA) is 20.2 Å². The molecule has 0 bridgehead atoms. The van der Waals surface area contributed by atoms with Gasteiger partial charge in [0.15, 0.2) is 0 Å². The maximum absolute atomic E-state index is 13.1. The molecule has 0 aliphatic heterocycles. The Kier molecular flexibility index (Phi) is 6.08. The molecule has 0 fully saturated rings. The van der Waals surface area contributed by atoms with Crippen molar-refractivity contribution in [1.29, 1.82) is 0 Å². The second kappa shape index (κ2) is 7.59. The van der Waals surface area contributed by atoms with Crippen LogP contribution in [0.2, 0.25) is 0 Å². The Labute approximate surface area is 138 Å². The van der Waals surface area contributed by atoms with E-state index in [1.54, 1.807) is 23.9 Å². The summed E-state index contributed by atoms with van der Waals surface area (Å²) in [7, 11) is 0. The molecule has 5 heteroatoms. The molecule has 106 valence electrons. The van der Waals surface area contributed by atoms with Crippen molar-refractivity contribution in [3.05, 3.63) is 62.8 Å². The van der Waals surface area contributed by atoms with Gasteiger partial charge in [0.25, 0.3) is 0 Å². The van der Waals surface area contributed by atoms with Gasteiger partial charge in [-0.3, -0.25) is 0 Å². The van der Waals surface area contributed by atoms with Crippen molar-refractivity contribution in [2.24, 2.45) is 0 Å². The van der Waals surface area contributed by atoms with E-state index in [1.807, 2.05) is 24.3 Å². The molecule has 1 nitrogen and oxygen atoms in total. The molecule has 0 radical (unpaired) electrons. The Morgan fingerprint density at radius 1 is 1.10 bits per heavy atom. The zero-order chi connectivity index (χ0) is 14.5. The van der Waals surface area contributed by atoms with E-state index in [0.717, 1.165) is 14.9 Å². The fourth-order valence-electron chi connectivity index (χ4n) is 1.72. The number of aliphatic hydroxyl groups excluding tert-OH is 1. The fraction of sp³-hybridized carbons (Fsp3) is 0.200. The molecule has 2 aromatic rings. The molecule has 1 N–H and O–H groups in total. The molecule has 1 unspecified atom stereocenters. The van der Waals surface area contributed by atoms with Gasteiger partial charge in [-0.15, -0.1) is 11.8 Å². The molecular formula is C15H13Br2FOS. The van der Waals surface area contributed by atoms with Gasteiger partial charge in [-0.2, -0.15) is 0 Å². The van der Waals surface area contributed by atoms with Gasteiger partial charge in [0, 0.05) is 15.1 Å². The molecule has 0 aromatic heterocycles. The summed E-state index contributed by atoms with van der Waals surface area (Å²) in [5.74, 6) is 0.323. The molecule has 0 spiro atoms. The van der Waals surface area contributed by atoms with Crippen LogP contribution in [0.15, 0.2) is 56.3 Å². The molecule has 2 aromatic carbocycles. The van der Waals surface area contributed by atoms with E-state index in [1.165, 1.54) is 6.07 Å². The zero-order valence-corrected chi connectivity index (χ0v) is 14.5. The first-order chi connectivity index (χ1) is 9.54. The lowest BCUT2D eigenvalue weighted by molar-refractivity contribution is 0.200. The number of halogens is 3. The SMILES string of the molecule is OC(CSc1ccc(Br)cc1)Cc1ccc(F)c(Br)c1. The van der Waals surface area contributed by atoms with Crippen molar-refractivity contribution in [1.82, 2.24) is 0 Å². The molecule has 0 saturated heterocycles. The van der Waals surface area contributed by atoms with Crippen molar-refractivity contribution < 1.29 is 9.50 Å². The van der Waals surface area contributed by atoms with Crippen molar-refractivity contribution in [3.8, 4) is 0 Å². The molecule has 0 heterocycles. The highest BCUT2D eigenvalue weighted by Crippen LogP contribution is 2.23. The van der Waals surface area contributed by atoms with Crippen LogP contribution in [0.1, 0.15) is 5.56 Å². The summed E-state index contributed by atoms with van der Waals surface area (Å²) in [6, 6.07) is 12.8. The molecule has 0 amide bonds. The lowest BCUT2D eigenvalue weighted by Gasteiger charge is -2.11. The minimum absolute atomic E-state index is 0.285. The number of thioether (sulfide) groups is 1. The third-order valence-corrected chi connectivity index (χ3v) is 5.00. The van der Waals surface area contributed by atoms with E-state index < -0.39 is 6.10 Å². The molecule has 0 aliphatic carbocycles. The van der Waals surface area contributed by atoms with Crippen LogP contribution in [-0.4, -0.2) is 17.0 Å². The van der Waals surface area contributed by atoms with Gasteiger partial charge in [0.1, 0.15) is 5.82 Å². The van der Waals surface area contributed by atoms with Crippen molar-refractivity contribution >= 4 is 43.6 Å². The lowest BCUT2D eigenvalue weighted by atomic mass is 10.1. The number of hydrogen-bond acceptors (Lipinski definition) is 2. The highest BCUT2D eigenvalue weighted by atomic mass is 79.9. The standard InChI is InChI=1S/C15H13Br2FOS/c16-11-2-4-13(5-3-11)20-9-12(19)7-10-1-6-15(18)14(17)8-10/h1-6,8,12,19H,7,9H2. The summed E-state index contributed by atoms with van der Waals surface area (Å²) in [6.07, 6.45) is 0.0589. The summed E-state index contributed by atoms with van der Waals surface area (Å²) >= 11 is 8.15. The fourth-order valence-corrected chi connectivity index (χ4v) is 3.24. The van der Waals surface area contributed by atoms with E-state index >= 15 is 0 Å². The molecule has 2 rings (SSSR count). The second-order valence-electron chi connectivity index (χ2n) is 4.37. The molecule has 1 atom stereocenters. The van der Waals surface area contributed by atoms with Crippen LogP contribution in [0.25, 0.3) is 0 Å². The number of rotatable bonds is 5. The molecular weight excluding hydrogens is 407 g/mol. The first kappa shape index (κ1) is 16.0. The van der Waals surface area contributed by atoms with Crippen LogP contribution in [0.3, 0.4) is 0 Å². The number of benzene rings is 2. The summed E-state index contributed by atoms with van der Waals surface area (Å²) in [5, 5.41) is 10.0. The van der Waals surface area contributed by atoms with Gasteiger partial charge >= 0.3 is 0 Å². The van der Waals surface area contributed by atoms with E-state index in [4.69, 9.17) is 0 Å². The van der Waals surface area contributed by atoms with E-state index in [2.05, 4.69) is 31.9 Å². The van der Waals surface area contributed by atoms with E-state index in [-0.39, 0.29) is 5.82 Å². The minimum Gasteiger partial charge on any atom is -0.392 e. The van der Waals surface area contributed by atoms with Crippen molar-refractivity contribution in [3.63, 3.8) is 0 Å². The van der Waals surface area contributed by atoms with Crippen LogP contribution < -0.4 is 0 Å². The first-order valence-electron chi connectivity index (χ1n) is 6.05. The first-order valence-corrected chi connectivity index (χ1v) is 8.62. The Morgan fingerprint density at radius 3 is 2.45 bits per heavy atom. The van der Waals surface area contributed by atoms with Gasteiger partial charge in [-0.25, -0.2) is 4.39 Å². The van der Waals surface area contributed by atoms with Gasteiger partial charge in [-0.05, 0) is 64.3 Å². The summed E-state index contributed by atoms with van der Waals surface area (Å²) < 4.78 is 14.6. The normalized spacial score (nSPS) is 12.4. The van der Waals surface area contributed by atoms with Gasteiger partial charge < -0.3 is 5.11 Å². The van der Waals surface area contributed by atoms with Crippen LogP contribution >= 0.6 is 43.6 Å².